The molecule has 1 aliphatic rings. The van der Waals surface area contributed by atoms with E-state index in [0.29, 0.717) is 6.42 Å². The first-order chi connectivity index (χ1) is 9.19. The smallest absolute Gasteiger partial charge is 0.141 e. The number of rotatable bonds is 6. The van der Waals surface area contributed by atoms with Crippen LogP contribution in [0, 0.1) is 0 Å². The first-order valence-electron chi connectivity index (χ1n) is 6.98. The van der Waals surface area contributed by atoms with E-state index in [1.165, 1.54) is 24.8 Å². The van der Waals surface area contributed by atoms with Crippen molar-refractivity contribution in [1.29, 1.82) is 0 Å². The van der Waals surface area contributed by atoms with Gasteiger partial charge in [-0.25, -0.2) is 0 Å². The number of hydrogen-bond acceptors (Lipinski definition) is 3. The quantitative estimate of drug-likeness (QED) is 0.319. The molecule has 0 heterocycles. The highest BCUT2D eigenvalue weighted by Gasteiger charge is 2.37. The van der Waals surface area contributed by atoms with Gasteiger partial charge in [0.1, 0.15) is 5.84 Å². The summed E-state index contributed by atoms with van der Waals surface area (Å²) in [7, 11) is 0. The minimum absolute atomic E-state index is 0.109. The van der Waals surface area contributed by atoms with Crippen LogP contribution in [0.2, 0.25) is 0 Å². The average molecular weight is 261 g/mol. The fourth-order valence-electron chi connectivity index (χ4n) is 2.76. The number of nitrogens with zero attached hydrogens (tertiary/aromatic N) is 1. The van der Waals surface area contributed by atoms with Crippen molar-refractivity contribution in [2.24, 2.45) is 10.9 Å². The lowest BCUT2D eigenvalue weighted by Crippen LogP contribution is -2.52. The van der Waals surface area contributed by atoms with Gasteiger partial charge < -0.3 is 16.3 Å². The fourth-order valence-corrected chi connectivity index (χ4v) is 2.76. The molecule has 1 aliphatic carbocycles. The van der Waals surface area contributed by atoms with Crippen LogP contribution < -0.4 is 11.1 Å². The van der Waals surface area contributed by atoms with Crippen LogP contribution in [-0.2, 0) is 0 Å². The molecule has 0 saturated heterocycles. The van der Waals surface area contributed by atoms with Gasteiger partial charge in [0.15, 0.2) is 0 Å². The average Bonchev–Trinajstić information content (AvgIpc) is 2.42. The van der Waals surface area contributed by atoms with Gasteiger partial charge in [-0.1, -0.05) is 42.4 Å². The van der Waals surface area contributed by atoms with Crippen molar-refractivity contribution in [3.8, 4) is 0 Å². The zero-order valence-electron chi connectivity index (χ0n) is 11.5. The predicted molar refractivity (Wildman–Crippen MR) is 77.2 cm³/mol. The van der Waals surface area contributed by atoms with Crippen molar-refractivity contribution < 1.29 is 5.21 Å². The van der Waals surface area contributed by atoms with E-state index in [9.17, 15) is 0 Å². The first kappa shape index (κ1) is 13.9. The minimum atomic E-state index is 0.109. The van der Waals surface area contributed by atoms with Crippen molar-refractivity contribution in [2.75, 3.05) is 0 Å². The fraction of sp³-hybridized carbons (Fsp3) is 0.533. The molecule has 0 aliphatic heterocycles. The monoisotopic (exact) mass is 261 g/mol. The zero-order valence-corrected chi connectivity index (χ0v) is 11.5. The molecule has 1 aromatic carbocycles. The molecular formula is C15H23N3O. The summed E-state index contributed by atoms with van der Waals surface area (Å²) in [6, 6.07) is 10.3. The summed E-state index contributed by atoms with van der Waals surface area (Å²) in [6.45, 7) is 2.22. The molecule has 0 radical (unpaired) electrons. The normalized spacial score (nSPS) is 19.7. The lowest BCUT2D eigenvalue weighted by Gasteiger charge is -2.45. The van der Waals surface area contributed by atoms with Crippen LogP contribution in [0.15, 0.2) is 35.5 Å². The van der Waals surface area contributed by atoms with Crippen molar-refractivity contribution in [3.05, 3.63) is 35.9 Å². The largest absolute Gasteiger partial charge is 0.409 e. The van der Waals surface area contributed by atoms with Gasteiger partial charge in [-0.15, -0.1) is 0 Å². The van der Waals surface area contributed by atoms with Crippen molar-refractivity contribution in [2.45, 2.75) is 50.6 Å². The summed E-state index contributed by atoms with van der Waals surface area (Å²) >= 11 is 0. The third-order valence-corrected chi connectivity index (χ3v) is 4.21. The van der Waals surface area contributed by atoms with Crippen molar-refractivity contribution in [3.63, 3.8) is 0 Å². The molecule has 4 N–H and O–H groups in total. The van der Waals surface area contributed by atoms with Gasteiger partial charge in [-0.2, -0.15) is 0 Å². The molecule has 4 heteroatoms. The van der Waals surface area contributed by atoms with E-state index in [4.69, 9.17) is 10.9 Å². The molecule has 0 aromatic heterocycles. The molecule has 2 rings (SSSR count). The van der Waals surface area contributed by atoms with Gasteiger partial charge in [0.25, 0.3) is 0 Å². The topological polar surface area (TPSA) is 70.6 Å². The number of oxime groups is 1. The highest BCUT2D eigenvalue weighted by molar-refractivity contribution is 5.80. The molecule has 1 fully saturated rings. The minimum Gasteiger partial charge on any atom is -0.409 e. The Morgan fingerprint density at radius 1 is 1.42 bits per heavy atom. The zero-order chi connectivity index (χ0) is 13.7. The van der Waals surface area contributed by atoms with Crippen LogP contribution in [0.3, 0.4) is 0 Å². The van der Waals surface area contributed by atoms with E-state index in [1.807, 2.05) is 18.2 Å². The van der Waals surface area contributed by atoms with Crippen LogP contribution in [0.1, 0.15) is 50.6 Å². The molecule has 4 nitrogen and oxygen atoms in total. The lowest BCUT2D eigenvalue weighted by molar-refractivity contribution is 0.157. The van der Waals surface area contributed by atoms with E-state index >= 15 is 0 Å². The molecule has 1 atom stereocenters. The van der Waals surface area contributed by atoms with Gasteiger partial charge in [0.2, 0.25) is 0 Å². The maximum atomic E-state index is 8.79. The van der Waals surface area contributed by atoms with Crippen molar-refractivity contribution >= 4 is 5.84 Å². The Bertz CT molecular complexity index is 421. The Morgan fingerprint density at radius 2 is 2.11 bits per heavy atom. The Hall–Kier alpha value is -1.55. The molecular weight excluding hydrogens is 238 g/mol. The Labute approximate surface area is 114 Å². The first-order valence-corrected chi connectivity index (χ1v) is 6.98. The third kappa shape index (κ3) is 3.26. The predicted octanol–water partition coefficient (Wildman–Crippen LogP) is 2.79. The summed E-state index contributed by atoms with van der Waals surface area (Å²) in [5.41, 5.74) is 7.11. The lowest BCUT2D eigenvalue weighted by atomic mass is 9.74. The van der Waals surface area contributed by atoms with Gasteiger partial charge in [-0.05, 0) is 31.2 Å². The van der Waals surface area contributed by atoms with Gasteiger partial charge >= 0.3 is 0 Å². The van der Waals surface area contributed by atoms with E-state index in [0.717, 1.165) is 6.42 Å². The van der Waals surface area contributed by atoms with Crippen LogP contribution in [0.4, 0.5) is 0 Å². The molecule has 19 heavy (non-hydrogen) atoms. The van der Waals surface area contributed by atoms with E-state index < -0.39 is 0 Å². The van der Waals surface area contributed by atoms with Crippen LogP contribution in [-0.4, -0.2) is 16.6 Å². The Balaban J connectivity index is 2.15. The summed E-state index contributed by atoms with van der Waals surface area (Å²) in [5, 5.41) is 15.6. The highest BCUT2D eigenvalue weighted by atomic mass is 16.4. The summed E-state index contributed by atoms with van der Waals surface area (Å²) in [4.78, 5) is 0. The molecule has 1 unspecified atom stereocenters. The Morgan fingerprint density at radius 3 is 2.58 bits per heavy atom. The molecule has 0 spiro atoms. The van der Waals surface area contributed by atoms with Crippen LogP contribution in [0.5, 0.6) is 0 Å². The SMILES string of the molecule is CCC1(NC(C/C(N)=N/O)c2ccccc2)CCC1. The highest BCUT2D eigenvalue weighted by Crippen LogP contribution is 2.37. The summed E-state index contributed by atoms with van der Waals surface area (Å²) in [5.74, 6) is 0.270. The van der Waals surface area contributed by atoms with E-state index in [-0.39, 0.29) is 17.4 Å². The second-order valence-corrected chi connectivity index (χ2v) is 5.39. The Kier molecular flexibility index (Phi) is 4.43. The molecule has 1 aromatic rings. The van der Waals surface area contributed by atoms with Gasteiger partial charge in [0.05, 0.1) is 0 Å². The van der Waals surface area contributed by atoms with E-state index in [1.54, 1.807) is 0 Å². The standard InChI is InChI=1S/C15H23N3O/c1-2-15(9-6-10-15)17-13(11-14(16)18-19)12-7-4-3-5-8-12/h3-5,7-8,13,17,19H,2,6,9-11H2,1H3,(H2,16,18). The number of nitrogens with two attached hydrogens (primary N) is 1. The summed E-state index contributed by atoms with van der Waals surface area (Å²) < 4.78 is 0. The van der Waals surface area contributed by atoms with Crippen LogP contribution >= 0.6 is 0 Å². The number of amidine groups is 1. The summed E-state index contributed by atoms with van der Waals surface area (Å²) in [6.07, 6.45) is 5.35. The molecule has 0 amide bonds. The molecule has 0 bridgehead atoms. The number of hydrogen-bond donors (Lipinski definition) is 3. The van der Waals surface area contributed by atoms with Gasteiger partial charge in [0, 0.05) is 18.0 Å². The maximum Gasteiger partial charge on any atom is 0.141 e. The van der Waals surface area contributed by atoms with Crippen molar-refractivity contribution in [1.82, 2.24) is 5.32 Å². The molecule has 104 valence electrons. The van der Waals surface area contributed by atoms with E-state index in [2.05, 4.69) is 29.5 Å². The van der Waals surface area contributed by atoms with Crippen LogP contribution in [0.25, 0.3) is 0 Å². The second kappa shape index (κ2) is 6.06. The second-order valence-electron chi connectivity index (χ2n) is 5.39. The molecule has 1 saturated carbocycles. The number of nitrogens with one attached hydrogen (secondary N) is 1. The third-order valence-electron chi connectivity index (χ3n) is 4.21. The van der Waals surface area contributed by atoms with Gasteiger partial charge in [-0.3, -0.25) is 0 Å². The number of benzene rings is 1. The maximum absolute atomic E-state index is 8.79.